The van der Waals surface area contributed by atoms with Gasteiger partial charge in [0.15, 0.2) is 0 Å². The minimum atomic E-state index is -0.0111. The SMILES string of the molecule is CCOc1ccc(C2Nc3ccccc3-c3nc4ccccc4n32)cc1. The standard InChI is InChI=1S/C22H19N3O/c1-2-26-16-13-11-15(12-14-16)21-23-18-8-4-3-7-17(18)22-24-19-9-5-6-10-20(19)25(21)22/h3-14,21,23H,2H2,1H3. The van der Waals surface area contributed by atoms with E-state index in [4.69, 9.17) is 9.72 Å². The second-order valence-electron chi connectivity index (χ2n) is 6.39. The van der Waals surface area contributed by atoms with Gasteiger partial charge >= 0.3 is 0 Å². The number of rotatable bonds is 3. The molecule has 4 nitrogen and oxygen atoms in total. The Bertz CT molecular complexity index is 1080. The number of nitrogens with one attached hydrogen (secondary N) is 1. The number of aromatic nitrogens is 2. The predicted octanol–water partition coefficient (Wildman–Crippen LogP) is 5.07. The van der Waals surface area contributed by atoms with Crippen LogP contribution in [0.25, 0.3) is 22.4 Å². The molecule has 1 aliphatic rings. The Morgan fingerprint density at radius 1 is 0.962 bits per heavy atom. The Labute approximate surface area is 152 Å². The number of benzene rings is 3. The van der Waals surface area contributed by atoms with E-state index < -0.39 is 0 Å². The molecule has 1 unspecified atom stereocenters. The van der Waals surface area contributed by atoms with Crippen LogP contribution in [-0.2, 0) is 0 Å². The third-order valence-electron chi connectivity index (χ3n) is 4.82. The Balaban J connectivity index is 1.71. The van der Waals surface area contributed by atoms with Gasteiger partial charge in [-0.2, -0.15) is 0 Å². The zero-order chi connectivity index (χ0) is 17.5. The van der Waals surface area contributed by atoms with Gasteiger partial charge in [-0.25, -0.2) is 4.98 Å². The van der Waals surface area contributed by atoms with Crippen molar-refractivity contribution in [2.24, 2.45) is 0 Å². The molecule has 2 heterocycles. The molecule has 1 aromatic heterocycles. The normalized spacial score (nSPS) is 15.2. The summed E-state index contributed by atoms with van der Waals surface area (Å²) in [6, 6.07) is 24.9. The average Bonchev–Trinajstić information content (AvgIpc) is 3.08. The highest BCUT2D eigenvalue weighted by Gasteiger charge is 2.27. The number of anilines is 1. The lowest BCUT2D eigenvalue weighted by Crippen LogP contribution is -2.24. The van der Waals surface area contributed by atoms with Crippen molar-refractivity contribution in [3.8, 4) is 17.1 Å². The molecular weight excluding hydrogens is 322 g/mol. The van der Waals surface area contributed by atoms with Crippen LogP contribution in [0, 0.1) is 0 Å². The first kappa shape index (κ1) is 15.0. The van der Waals surface area contributed by atoms with Crippen molar-refractivity contribution in [2.75, 3.05) is 11.9 Å². The van der Waals surface area contributed by atoms with Gasteiger partial charge in [0.25, 0.3) is 0 Å². The molecule has 0 fully saturated rings. The third kappa shape index (κ3) is 2.26. The number of imidazole rings is 1. The molecule has 0 saturated carbocycles. The number of para-hydroxylation sites is 3. The van der Waals surface area contributed by atoms with Crippen molar-refractivity contribution < 1.29 is 4.74 Å². The zero-order valence-corrected chi connectivity index (χ0v) is 14.5. The molecule has 4 heteroatoms. The fourth-order valence-electron chi connectivity index (χ4n) is 3.66. The summed E-state index contributed by atoms with van der Waals surface area (Å²) < 4.78 is 7.87. The van der Waals surface area contributed by atoms with E-state index >= 15 is 0 Å². The van der Waals surface area contributed by atoms with Crippen LogP contribution in [0.1, 0.15) is 18.7 Å². The first-order valence-electron chi connectivity index (χ1n) is 8.91. The molecule has 0 saturated heterocycles. The van der Waals surface area contributed by atoms with E-state index in [1.165, 1.54) is 5.56 Å². The number of hydrogen-bond acceptors (Lipinski definition) is 3. The van der Waals surface area contributed by atoms with Crippen LogP contribution in [0.2, 0.25) is 0 Å². The van der Waals surface area contributed by atoms with Crippen molar-refractivity contribution in [2.45, 2.75) is 13.1 Å². The highest BCUT2D eigenvalue weighted by atomic mass is 16.5. The lowest BCUT2D eigenvalue weighted by Gasteiger charge is -2.30. The van der Waals surface area contributed by atoms with E-state index in [9.17, 15) is 0 Å². The van der Waals surface area contributed by atoms with Crippen LogP contribution in [0.15, 0.2) is 72.8 Å². The first-order valence-corrected chi connectivity index (χ1v) is 8.91. The number of nitrogens with zero attached hydrogens (tertiary/aromatic N) is 2. The van der Waals surface area contributed by atoms with Gasteiger partial charge in [0, 0.05) is 11.3 Å². The average molecular weight is 341 g/mol. The molecule has 5 rings (SSSR count). The third-order valence-corrected chi connectivity index (χ3v) is 4.82. The maximum atomic E-state index is 5.59. The largest absolute Gasteiger partial charge is 0.494 e. The van der Waals surface area contributed by atoms with Crippen molar-refractivity contribution in [3.63, 3.8) is 0 Å². The summed E-state index contributed by atoms with van der Waals surface area (Å²) in [5, 5.41) is 3.68. The molecule has 0 spiro atoms. The minimum absolute atomic E-state index is 0.0111. The fraction of sp³-hybridized carbons (Fsp3) is 0.136. The van der Waals surface area contributed by atoms with Gasteiger partial charge in [0.1, 0.15) is 17.7 Å². The highest BCUT2D eigenvalue weighted by Crippen LogP contribution is 2.40. The smallest absolute Gasteiger partial charge is 0.145 e. The molecule has 0 amide bonds. The van der Waals surface area contributed by atoms with Gasteiger partial charge in [-0.05, 0) is 48.9 Å². The van der Waals surface area contributed by atoms with Crippen LogP contribution in [0.5, 0.6) is 5.75 Å². The molecule has 1 N–H and O–H groups in total. The molecule has 26 heavy (non-hydrogen) atoms. The molecule has 0 bridgehead atoms. The summed E-state index contributed by atoms with van der Waals surface area (Å²) in [5.74, 6) is 1.89. The quantitative estimate of drug-likeness (QED) is 0.565. The Hall–Kier alpha value is -3.27. The molecule has 0 radical (unpaired) electrons. The molecule has 1 atom stereocenters. The van der Waals surface area contributed by atoms with Crippen LogP contribution in [0.3, 0.4) is 0 Å². The Kier molecular flexibility index (Phi) is 3.42. The highest BCUT2D eigenvalue weighted by molar-refractivity contribution is 5.86. The number of fused-ring (bicyclic) bond motifs is 5. The van der Waals surface area contributed by atoms with Gasteiger partial charge in [0.05, 0.1) is 17.6 Å². The van der Waals surface area contributed by atoms with Crippen molar-refractivity contribution in [1.82, 2.24) is 9.55 Å². The van der Waals surface area contributed by atoms with Crippen LogP contribution < -0.4 is 10.1 Å². The molecule has 0 aliphatic carbocycles. The van der Waals surface area contributed by atoms with Gasteiger partial charge in [0.2, 0.25) is 0 Å². The van der Waals surface area contributed by atoms with Crippen LogP contribution >= 0.6 is 0 Å². The van der Waals surface area contributed by atoms with Crippen LogP contribution in [-0.4, -0.2) is 16.2 Å². The predicted molar refractivity (Wildman–Crippen MR) is 105 cm³/mol. The van der Waals surface area contributed by atoms with Crippen molar-refractivity contribution in [1.29, 1.82) is 0 Å². The number of hydrogen-bond donors (Lipinski definition) is 1. The van der Waals surface area contributed by atoms with E-state index in [-0.39, 0.29) is 6.17 Å². The second-order valence-corrected chi connectivity index (χ2v) is 6.39. The van der Waals surface area contributed by atoms with Gasteiger partial charge in [-0.1, -0.05) is 36.4 Å². The summed E-state index contributed by atoms with van der Waals surface area (Å²) in [6.45, 7) is 2.67. The molecule has 1 aliphatic heterocycles. The summed E-state index contributed by atoms with van der Waals surface area (Å²) in [4.78, 5) is 4.92. The van der Waals surface area contributed by atoms with E-state index in [1.54, 1.807) is 0 Å². The molecule has 128 valence electrons. The van der Waals surface area contributed by atoms with E-state index in [0.717, 1.165) is 33.9 Å². The summed E-state index contributed by atoms with van der Waals surface area (Å²) in [6.07, 6.45) is -0.0111. The summed E-state index contributed by atoms with van der Waals surface area (Å²) in [7, 11) is 0. The lowest BCUT2D eigenvalue weighted by molar-refractivity contribution is 0.340. The van der Waals surface area contributed by atoms with Gasteiger partial charge in [-0.15, -0.1) is 0 Å². The molecular formula is C22H19N3O. The fourth-order valence-corrected chi connectivity index (χ4v) is 3.66. The second kappa shape index (κ2) is 5.92. The van der Waals surface area contributed by atoms with E-state index in [2.05, 4.69) is 64.5 Å². The van der Waals surface area contributed by atoms with Gasteiger partial charge < -0.3 is 10.1 Å². The topological polar surface area (TPSA) is 39.1 Å². The van der Waals surface area contributed by atoms with E-state index in [1.807, 2.05) is 25.1 Å². The molecule has 3 aromatic carbocycles. The molecule has 4 aromatic rings. The monoisotopic (exact) mass is 341 g/mol. The first-order chi connectivity index (χ1) is 12.8. The maximum absolute atomic E-state index is 5.59. The van der Waals surface area contributed by atoms with Gasteiger partial charge in [-0.3, -0.25) is 4.57 Å². The Morgan fingerprint density at radius 2 is 1.73 bits per heavy atom. The van der Waals surface area contributed by atoms with Crippen molar-refractivity contribution >= 4 is 16.7 Å². The maximum Gasteiger partial charge on any atom is 0.145 e. The lowest BCUT2D eigenvalue weighted by atomic mass is 10.1. The Morgan fingerprint density at radius 3 is 2.58 bits per heavy atom. The summed E-state index contributed by atoms with van der Waals surface area (Å²) in [5.41, 5.74) is 5.55. The van der Waals surface area contributed by atoms with Crippen LogP contribution in [0.4, 0.5) is 5.69 Å². The minimum Gasteiger partial charge on any atom is -0.494 e. The van der Waals surface area contributed by atoms with E-state index in [0.29, 0.717) is 6.61 Å². The zero-order valence-electron chi connectivity index (χ0n) is 14.5. The number of ether oxygens (including phenoxy) is 1. The van der Waals surface area contributed by atoms with Crippen molar-refractivity contribution in [3.05, 3.63) is 78.4 Å². The summed E-state index contributed by atoms with van der Waals surface area (Å²) >= 11 is 0.